The van der Waals surface area contributed by atoms with Gasteiger partial charge < -0.3 is 15.8 Å². The molecule has 1 unspecified atom stereocenters. The van der Waals surface area contributed by atoms with Gasteiger partial charge in [0.15, 0.2) is 0 Å². The number of nitrogens with two attached hydrogens (primary N) is 1. The van der Waals surface area contributed by atoms with E-state index in [1.807, 2.05) is 18.2 Å². The lowest BCUT2D eigenvalue weighted by atomic mass is 9.91. The highest BCUT2D eigenvalue weighted by molar-refractivity contribution is 5.57. The second-order valence-corrected chi connectivity index (χ2v) is 5.72. The summed E-state index contributed by atoms with van der Waals surface area (Å²) in [7, 11) is 0. The fourth-order valence-electron chi connectivity index (χ4n) is 2.21. The van der Waals surface area contributed by atoms with E-state index in [0.717, 1.165) is 31.0 Å². The van der Waals surface area contributed by atoms with Gasteiger partial charge in [-0.25, -0.2) is 0 Å². The van der Waals surface area contributed by atoms with E-state index in [9.17, 15) is 0 Å². The Labute approximate surface area is 103 Å². The average Bonchev–Trinajstić information content (AvgIpc) is 2.25. The van der Waals surface area contributed by atoms with Crippen LogP contribution in [-0.4, -0.2) is 18.7 Å². The van der Waals surface area contributed by atoms with Crippen molar-refractivity contribution in [1.29, 1.82) is 0 Å². The molecule has 0 fully saturated rings. The van der Waals surface area contributed by atoms with Crippen molar-refractivity contribution in [2.24, 2.45) is 0 Å². The third-order valence-corrected chi connectivity index (χ3v) is 3.11. The van der Waals surface area contributed by atoms with Crippen molar-refractivity contribution in [3.05, 3.63) is 23.8 Å². The van der Waals surface area contributed by atoms with Gasteiger partial charge in [0, 0.05) is 29.3 Å². The van der Waals surface area contributed by atoms with Crippen LogP contribution in [0.5, 0.6) is 5.75 Å². The highest BCUT2D eigenvalue weighted by atomic mass is 16.5. The SMILES string of the molecule is CC(C)(C)NCC1CCOc2cccc(N)c21. The molecular weight excluding hydrogens is 212 g/mol. The predicted molar refractivity (Wildman–Crippen MR) is 71.5 cm³/mol. The lowest BCUT2D eigenvalue weighted by Gasteiger charge is -2.30. The van der Waals surface area contributed by atoms with Crippen molar-refractivity contribution in [3.8, 4) is 5.75 Å². The van der Waals surface area contributed by atoms with Gasteiger partial charge in [0.05, 0.1) is 6.61 Å². The smallest absolute Gasteiger partial charge is 0.124 e. The predicted octanol–water partition coefficient (Wildman–Crippen LogP) is 2.52. The van der Waals surface area contributed by atoms with Gasteiger partial charge in [-0.2, -0.15) is 0 Å². The number of nitrogen functional groups attached to an aromatic ring is 1. The summed E-state index contributed by atoms with van der Waals surface area (Å²) in [5, 5.41) is 3.55. The molecule has 3 N–H and O–H groups in total. The molecule has 1 aliphatic heterocycles. The highest BCUT2D eigenvalue weighted by Crippen LogP contribution is 2.37. The van der Waals surface area contributed by atoms with Crippen LogP contribution >= 0.6 is 0 Å². The Bertz CT molecular complexity index is 396. The number of rotatable bonds is 2. The van der Waals surface area contributed by atoms with E-state index >= 15 is 0 Å². The molecule has 0 saturated heterocycles. The average molecular weight is 234 g/mol. The molecule has 0 amide bonds. The first-order chi connectivity index (χ1) is 7.97. The summed E-state index contributed by atoms with van der Waals surface area (Å²) in [4.78, 5) is 0. The third kappa shape index (κ3) is 2.91. The van der Waals surface area contributed by atoms with E-state index in [1.54, 1.807) is 0 Å². The van der Waals surface area contributed by atoms with Crippen molar-refractivity contribution in [2.45, 2.75) is 38.6 Å². The molecule has 0 bridgehead atoms. The van der Waals surface area contributed by atoms with E-state index in [2.05, 4.69) is 26.1 Å². The number of hydrogen-bond donors (Lipinski definition) is 2. The van der Waals surface area contributed by atoms with E-state index in [1.165, 1.54) is 5.56 Å². The van der Waals surface area contributed by atoms with E-state index in [4.69, 9.17) is 10.5 Å². The van der Waals surface area contributed by atoms with Crippen molar-refractivity contribution >= 4 is 5.69 Å². The lowest BCUT2D eigenvalue weighted by Crippen LogP contribution is -2.39. The second kappa shape index (κ2) is 4.57. The highest BCUT2D eigenvalue weighted by Gasteiger charge is 2.24. The normalized spacial score (nSPS) is 19.6. The first kappa shape index (κ1) is 12.2. The number of nitrogens with one attached hydrogen (secondary N) is 1. The topological polar surface area (TPSA) is 47.3 Å². The van der Waals surface area contributed by atoms with Gasteiger partial charge in [-0.15, -0.1) is 0 Å². The van der Waals surface area contributed by atoms with Crippen LogP contribution in [0.25, 0.3) is 0 Å². The van der Waals surface area contributed by atoms with Crippen molar-refractivity contribution in [3.63, 3.8) is 0 Å². The quantitative estimate of drug-likeness (QED) is 0.773. The number of hydrogen-bond acceptors (Lipinski definition) is 3. The number of ether oxygens (including phenoxy) is 1. The maximum absolute atomic E-state index is 6.06. The Kier molecular flexibility index (Phi) is 3.29. The van der Waals surface area contributed by atoms with Crippen LogP contribution < -0.4 is 15.8 Å². The Hall–Kier alpha value is -1.22. The summed E-state index contributed by atoms with van der Waals surface area (Å²) in [5.41, 5.74) is 8.23. The summed E-state index contributed by atoms with van der Waals surface area (Å²) in [6, 6.07) is 5.92. The minimum Gasteiger partial charge on any atom is -0.493 e. The van der Waals surface area contributed by atoms with Crippen molar-refractivity contribution < 1.29 is 4.74 Å². The minimum absolute atomic E-state index is 0.141. The van der Waals surface area contributed by atoms with Gasteiger partial charge in [-0.05, 0) is 39.3 Å². The Balaban J connectivity index is 2.17. The van der Waals surface area contributed by atoms with Gasteiger partial charge in [0.1, 0.15) is 5.75 Å². The van der Waals surface area contributed by atoms with Gasteiger partial charge >= 0.3 is 0 Å². The lowest BCUT2D eigenvalue weighted by molar-refractivity contribution is 0.258. The van der Waals surface area contributed by atoms with Gasteiger partial charge in [-0.1, -0.05) is 6.07 Å². The molecule has 1 aromatic rings. The van der Waals surface area contributed by atoms with E-state index in [0.29, 0.717) is 5.92 Å². The zero-order chi connectivity index (χ0) is 12.5. The summed E-state index contributed by atoms with van der Waals surface area (Å²) < 4.78 is 5.66. The summed E-state index contributed by atoms with van der Waals surface area (Å²) in [6.07, 6.45) is 1.03. The molecule has 1 aromatic carbocycles. The molecule has 0 spiro atoms. The largest absolute Gasteiger partial charge is 0.493 e. The van der Waals surface area contributed by atoms with Crippen LogP contribution in [0.15, 0.2) is 18.2 Å². The second-order valence-electron chi connectivity index (χ2n) is 5.72. The van der Waals surface area contributed by atoms with Crippen LogP contribution in [0.3, 0.4) is 0 Å². The summed E-state index contributed by atoms with van der Waals surface area (Å²) >= 11 is 0. The fourth-order valence-corrected chi connectivity index (χ4v) is 2.21. The summed E-state index contributed by atoms with van der Waals surface area (Å²) in [5.74, 6) is 1.41. The molecule has 1 atom stereocenters. The molecule has 0 aromatic heterocycles. The molecule has 0 aliphatic carbocycles. The third-order valence-electron chi connectivity index (χ3n) is 3.11. The Morgan fingerprint density at radius 3 is 2.88 bits per heavy atom. The fraction of sp³-hybridized carbons (Fsp3) is 0.571. The number of anilines is 1. The monoisotopic (exact) mass is 234 g/mol. The number of benzene rings is 1. The Morgan fingerprint density at radius 2 is 2.18 bits per heavy atom. The molecule has 3 nitrogen and oxygen atoms in total. The molecule has 3 heteroatoms. The molecule has 17 heavy (non-hydrogen) atoms. The minimum atomic E-state index is 0.141. The van der Waals surface area contributed by atoms with Crippen molar-refractivity contribution in [1.82, 2.24) is 5.32 Å². The van der Waals surface area contributed by atoms with Crippen LogP contribution in [0, 0.1) is 0 Å². The standard InChI is InChI=1S/C14H22N2O/c1-14(2,3)16-9-10-7-8-17-12-6-4-5-11(15)13(10)12/h4-6,10,16H,7-9,15H2,1-3H3. The molecule has 1 heterocycles. The van der Waals surface area contributed by atoms with Crippen LogP contribution in [0.1, 0.15) is 38.7 Å². The van der Waals surface area contributed by atoms with Crippen molar-refractivity contribution in [2.75, 3.05) is 18.9 Å². The van der Waals surface area contributed by atoms with Gasteiger partial charge in [0.25, 0.3) is 0 Å². The van der Waals surface area contributed by atoms with Crippen LogP contribution in [0.2, 0.25) is 0 Å². The molecule has 0 saturated carbocycles. The Morgan fingerprint density at radius 1 is 1.41 bits per heavy atom. The van der Waals surface area contributed by atoms with E-state index < -0.39 is 0 Å². The molecular formula is C14H22N2O. The molecule has 1 aliphatic rings. The number of fused-ring (bicyclic) bond motifs is 1. The zero-order valence-corrected chi connectivity index (χ0v) is 10.9. The molecule has 0 radical (unpaired) electrons. The maximum Gasteiger partial charge on any atom is 0.124 e. The summed E-state index contributed by atoms with van der Waals surface area (Å²) in [6.45, 7) is 8.28. The van der Waals surface area contributed by atoms with Gasteiger partial charge in [-0.3, -0.25) is 0 Å². The van der Waals surface area contributed by atoms with Crippen LogP contribution in [-0.2, 0) is 0 Å². The first-order valence-electron chi connectivity index (χ1n) is 6.23. The molecule has 2 rings (SSSR count). The molecule has 94 valence electrons. The zero-order valence-electron chi connectivity index (χ0n) is 10.9. The first-order valence-corrected chi connectivity index (χ1v) is 6.23. The van der Waals surface area contributed by atoms with Crippen LogP contribution in [0.4, 0.5) is 5.69 Å². The van der Waals surface area contributed by atoms with E-state index in [-0.39, 0.29) is 5.54 Å². The van der Waals surface area contributed by atoms with Gasteiger partial charge in [0.2, 0.25) is 0 Å². The maximum atomic E-state index is 6.06.